The standard InChI is InChI=1S/C25H29N5OS/c1-4-5-6-10-13-22-28-30-23(26)21(24(31)27-25(30)32-22)15-20-14-17(2)29(18(20)3)16-19-11-8-7-9-12-19/h7-9,11-12,14-15,26H,4-6,10,13,16H2,1-3H3/b21-15+,26-23?. The van der Waals surface area contributed by atoms with E-state index in [0.717, 1.165) is 41.4 Å². The number of rotatable bonds is 8. The van der Waals surface area contributed by atoms with Crippen LogP contribution in [0.4, 0.5) is 0 Å². The molecule has 1 amide bonds. The van der Waals surface area contributed by atoms with Crippen LogP contribution in [-0.4, -0.2) is 31.5 Å². The highest BCUT2D eigenvalue weighted by molar-refractivity contribution is 8.26. The lowest BCUT2D eigenvalue weighted by Crippen LogP contribution is -2.35. The Balaban J connectivity index is 1.55. The lowest BCUT2D eigenvalue weighted by atomic mass is 10.1. The Morgan fingerprint density at radius 1 is 1.12 bits per heavy atom. The Kier molecular flexibility index (Phi) is 6.74. The van der Waals surface area contributed by atoms with Crippen molar-refractivity contribution < 1.29 is 4.79 Å². The second kappa shape index (κ2) is 9.69. The number of carbonyl (C=O) groups excluding carboxylic acids is 1. The van der Waals surface area contributed by atoms with Gasteiger partial charge in [-0.15, -0.1) is 0 Å². The second-order valence-corrected chi connectivity index (χ2v) is 9.26. The van der Waals surface area contributed by atoms with Crippen LogP contribution in [0.25, 0.3) is 6.08 Å². The molecule has 0 radical (unpaired) electrons. The normalized spacial score (nSPS) is 17.1. The zero-order chi connectivity index (χ0) is 22.7. The van der Waals surface area contributed by atoms with Crippen LogP contribution in [0.3, 0.4) is 0 Å². The molecule has 0 spiro atoms. The summed E-state index contributed by atoms with van der Waals surface area (Å²) in [4.78, 5) is 17.0. The number of amides is 1. The third-order valence-corrected chi connectivity index (χ3v) is 6.80. The first-order chi connectivity index (χ1) is 15.5. The van der Waals surface area contributed by atoms with E-state index in [-0.39, 0.29) is 17.3 Å². The summed E-state index contributed by atoms with van der Waals surface area (Å²) >= 11 is 1.41. The van der Waals surface area contributed by atoms with Crippen molar-refractivity contribution in [3.05, 3.63) is 64.5 Å². The minimum absolute atomic E-state index is 0.101. The summed E-state index contributed by atoms with van der Waals surface area (Å²) in [7, 11) is 0. The van der Waals surface area contributed by atoms with Crippen molar-refractivity contribution in [3.8, 4) is 0 Å². The van der Waals surface area contributed by atoms with Gasteiger partial charge in [0.2, 0.25) is 5.17 Å². The number of nitrogens with zero attached hydrogens (tertiary/aromatic N) is 4. The van der Waals surface area contributed by atoms with E-state index in [1.54, 1.807) is 6.08 Å². The molecule has 0 bridgehead atoms. The van der Waals surface area contributed by atoms with Crippen LogP contribution in [0.5, 0.6) is 0 Å². The fourth-order valence-corrected chi connectivity index (χ4v) is 4.90. The van der Waals surface area contributed by atoms with Gasteiger partial charge in [-0.3, -0.25) is 10.2 Å². The van der Waals surface area contributed by atoms with Gasteiger partial charge >= 0.3 is 0 Å². The summed E-state index contributed by atoms with van der Waals surface area (Å²) < 4.78 is 2.23. The minimum Gasteiger partial charge on any atom is -0.344 e. The molecule has 2 aliphatic heterocycles. The number of thioether (sulfide) groups is 1. The van der Waals surface area contributed by atoms with Crippen LogP contribution in [0.1, 0.15) is 61.5 Å². The third-order valence-electron chi connectivity index (χ3n) is 5.84. The summed E-state index contributed by atoms with van der Waals surface area (Å²) in [6.07, 6.45) is 7.29. The molecule has 2 aromatic rings. The number of fused-ring (bicyclic) bond motifs is 1. The number of amidine groups is 2. The van der Waals surface area contributed by atoms with Gasteiger partial charge in [0.05, 0.1) is 5.57 Å². The van der Waals surface area contributed by atoms with Gasteiger partial charge in [0, 0.05) is 17.9 Å². The number of hydrazone groups is 1. The number of aryl methyl sites for hydroxylation is 1. The van der Waals surface area contributed by atoms with Crippen LogP contribution >= 0.6 is 11.8 Å². The van der Waals surface area contributed by atoms with Gasteiger partial charge in [0.25, 0.3) is 5.91 Å². The van der Waals surface area contributed by atoms with E-state index < -0.39 is 0 Å². The Labute approximate surface area is 193 Å². The van der Waals surface area contributed by atoms with E-state index in [1.165, 1.54) is 41.6 Å². The molecule has 0 saturated heterocycles. The monoisotopic (exact) mass is 447 g/mol. The van der Waals surface area contributed by atoms with Crippen LogP contribution in [0, 0.1) is 19.3 Å². The van der Waals surface area contributed by atoms with Crippen molar-refractivity contribution in [1.29, 1.82) is 5.41 Å². The highest BCUT2D eigenvalue weighted by atomic mass is 32.2. The van der Waals surface area contributed by atoms with Gasteiger partial charge in [-0.2, -0.15) is 15.1 Å². The molecule has 7 heteroatoms. The van der Waals surface area contributed by atoms with E-state index in [4.69, 9.17) is 5.41 Å². The highest BCUT2D eigenvalue weighted by Gasteiger charge is 2.35. The number of nitrogens with one attached hydrogen (secondary N) is 1. The quantitative estimate of drug-likeness (QED) is 0.414. The fourth-order valence-electron chi connectivity index (χ4n) is 3.97. The van der Waals surface area contributed by atoms with E-state index >= 15 is 0 Å². The first kappa shape index (κ1) is 22.3. The largest absolute Gasteiger partial charge is 0.344 e. The minimum atomic E-state index is -0.371. The van der Waals surface area contributed by atoms with Crippen molar-refractivity contribution in [2.45, 2.75) is 59.4 Å². The Morgan fingerprint density at radius 2 is 1.91 bits per heavy atom. The second-order valence-electron chi connectivity index (χ2n) is 8.22. The van der Waals surface area contributed by atoms with Crippen molar-refractivity contribution in [1.82, 2.24) is 9.58 Å². The Bertz CT molecular complexity index is 1130. The first-order valence-corrected chi connectivity index (χ1v) is 12.0. The van der Waals surface area contributed by atoms with Crippen molar-refractivity contribution in [2.75, 3.05) is 0 Å². The zero-order valence-corrected chi connectivity index (χ0v) is 19.7. The predicted molar refractivity (Wildman–Crippen MR) is 133 cm³/mol. The van der Waals surface area contributed by atoms with Gasteiger partial charge in [-0.25, -0.2) is 0 Å². The van der Waals surface area contributed by atoms with Gasteiger partial charge in [0.1, 0.15) is 5.04 Å². The maximum absolute atomic E-state index is 12.8. The molecule has 2 aliphatic rings. The fraction of sp³-hybridized carbons (Fsp3) is 0.360. The van der Waals surface area contributed by atoms with Gasteiger partial charge < -0.3 is 4.57 Å². The number of aromatic nitrogens is 1. The number of benzene rings is 1. The van der Waals surface area contributed by atoms with Crippen LogP contribution in [0.2, 0.25) is 0 Å². The summed E-state index contributed by atoms with van der Waals surface area (Å²) in [6, 6.07) is 12.4. The molecule has 0 unspecified atom stereocenters. The average Bonchev–Trinajstić information content (AvgIpc) is 3.30. The molecule has 0 fully saturated rings. The topological polar surface area (TPSA) is 73.8 Å². The maximum atomic E-state index is 12.8. The Morgan fingerprint density at radius 3 is 2.66 bits per heavy atom. The number of aliphatic imine (C=N–C) groups is 1. The molecule has 1 aromatic carbocycles. The molecular weight excluding hydrogens is 418 g/mol. The van der Waals surface area contributed by atoms with E-state index in [0.29, 0.717) is 5.17 Å². The molecule has 32 heavy (non-hydrogen) atoms. The van der Waals surface area contributed by atoms with Gasteiger partial charge in [-0.05, 0) is 61.7 Å². The molecule has 0 saturated carbocycles. The average molecular weight is 448 g/mol. The first-order valence-electron chi connectivity index (χ1n) is 11.2. The molecule has 1 aromatic heterocycles. The third kappa shape index (κ3) is 4.63. The van der Waals surface area contributed by atoms with Crippen LogP contribution in [0.15, 0.2) is 52.1 Å². The summed E-state index contributed by atoms with van der Waals surface area (Å²) in [6.45, 7) is 7.07. The summed E-state index contributed by atoms with van der Waals surface area (Å²) in [5.41, 5.74) is 4.61. The number of hydrogen-bond donors (Lipinski definition) is 1. The molecule has 4 rings (SSSR count). The molecular formula is C25H29N5OS. The molecule has 0 atom stereocenters. The molecule has 1 N–H and O–H groups in total. The SMILES string of the molecule is CCCCCCC1=NN2C(=N)/C(=C\c3cc(C)n(Cc4ccccc4)c3C)C(=O)N=C2S1. The smallest absolute Gasteiger partial charge is 0.283 e. The Hall–Kier alpha value is -2.93. The highest BCUT2D eigenvalue weighted by Crippen LogP contribution is 2.31. The molecule has 3 heterocycles. The number of carbonyl (C=O) groups is 1. The van der Waals surface area contributed by atoms with E-state index in [2.05, 4.69) is 46.7 Å². The van der Waals surface area contributed by atoms with Crippen molar-refractivity contribution in [3.63, 3.8) is 0 Å². The molecule has 166 valence electrons. The predicted octanol–water partition coefficient (Wildman–Crippen LogP) is 5.74. The lowest BCUT2D eigenvalue weighted by molar-refractivity contribution is -0.114. The molecule has 0 aliphatic carbocycles. The van der Waals surface area contributed by atoms with Gasteiger partial charge in [0.15, 0.2) is 5.84 Å². The molecule has 6 nitrogen and oxygen atoms in total. The lowest BCUT2D eigenvalue weighted by Gasteiger charge is -2.20. The van der Waals surface area contributed by atoms with E-state index in [9.17, 15) is 4.79 Å². The zero-order valence-electron chi connectivity index (χ0n) is 18.9. The van der Waals surface area contributed by atoms with Crippen molar-refractivity contribution >= 4 is 39.8 Å². The van der Waals surface area contributed by atoms with Gasteiger partial charge in [-0.1, -0.05) is 56.5 Å². The number of hydrogen-bond acceptors (Lipinski definition) is 4. The summed E-state index contributed by atoms with van der Waals surface area (Å²) in [5, 5.41) is 16.1. The summed E-state index contributed by atoms with van der Waals surface area (Å²) in [5.74, 6) is -0.270. The number of unbranched alkanes of at least 4 members (excludes halogenated alkanes) is 3. The van der Waals surface area contributed by atoms with Crippen molar-refractivity contribution in [2.24, 2.45) is 10.1 Å². The maximum Gasteiger partial charge on any atom is 0.283 e. The van der Waals surface area contributed by atoms with Crippen LogP contribution < -0.4 is 0 Å². The van der Waals surface area contributed by atoms with E-state index in [1.807, 2.05) is 25.1 Å². The van der Waals surface area contributed by atoms with Crippen LogP contribution in [-0.2, 0) is 11.3 Å².